The molecule has 3 aliphatic heterocycles. The second-order valence-electron chi connectivity index (χ2n) is 8.02. The lowest BCUT2D eigenvalue weighted by Crippen LogP contribution is -2.54. The van der Waals surface area contributed by atoms with E-state index >= 15 is 0 Å². The number of thioether (sulfide) groups is 1. The number of alkyl halides is 1. The molecule has 29 heavy (non-hydrogen) atoms. The maximum Gasteiger partial charge on any atom is 0.310 e. The molecule has 3 saturated heterocycles. The van der Waals surface area contributed by atoms with Crippen LogP contribution in [0.25, 0.3) is 0 Å². The summed E-state index contributed by atoms with van der Waals surface area (Å²) in [5, 5.41) is 12.1. The summed E-state index contributed by atoms with van der Waals surface area (Å²) in [5.74, 6) is -1.64. The van der Waals surface area contributed by atoms with Crippen LogP contribution in [0.15, 0.2) is 0 Å². The number of esters is 1. The van der Waals surface area contributed by atoms with Gasteiger partial charge in [-0.2, -0.15) is 0 Å². The largest absolute Gasteiger partial charge is 0.466 e. The van der Waals surface area contributed by atoms with Crippen LogP contribution in [0.4, 0.5) is 0 Å². The van der Waals surface area contributed by atoms with E-state index in [-0.39, 0.29) is 41.1 Å². The number of carbonyl (C=O) groups is 3. The van der Waals surface area contributed by atoms with Gasteiger partial charge < -0.3 is 20.1 Å². The van der Waals surface area contributed by atoms with Crippen molar-refractivity contribution in [2.45, 2.75) is 66.8 Å². The van der Waals surface area contributed by atoms with Gasteiger partial charge in [-0.1, -0.05) is 29.3 Å². The van der Waals surface area contributed by atoms with Crippen molar-refractivity contribution in [3.05, 3.63) is 0 Å². The van der Waals surface area contributed by atoms with Crippen LogP contribution in [0.2, 0.25) is 0 Å². The number of nitrogens with zero attached hydrogens (tertiary/aromatic N) is 1. The number of ether oxygens (including phenoxy) is 1. The molecule has 0 aliphatic carbocycles. The Kier molecular flexibility index (Phi) is 7.54. The molecule has 0 radical (unpaired) electrons. The Morgan fingerprint density at radius 1 is 1.34 bits per heavy atom. The second kappa shape index (κ2) is 9.56. The van der Waals surface area contributed by atoms with E-state index in [0.29, 0.717) is 32.4 Å². The first-order valence-electron chi connectivity index (χ1n) is 10.6. The molecule has 2 amide bonds. The van der Waals surface area contributed by atoms with E-state index in [0.717, 1.165) is 12.8 Å². The van der Waals surface area contributed by atoms with Gasteiger partial charge in [0.05, 0.1) is 23.2 Å². The number of unbranched alkanes of at least 4 members (excludes halogenated alkanes) is 2. The van der Waals surface area contributed by atoms with Gasteiger partial charge in [-0.25, -0.2) is 0 Å². The molecule has 0 aromatic heterocycles. The predicted molar refractivity (Wildman–Crippen MR) is 115 cm³/mol. The summed E-state index contributed by atoms with van der Waals surface area (Å²) in [4.78, 5) is 41.2. The standard InChI is InChI=1S/C20H31BrN2O5S/c1-3-5-8-22-17(25)16-20-11-12(21)15(29-20)13(19(27)28-4-2)14(20)18(26)23(16)9-6-7-10-24/h12-16,24H,3-11H2,1-2H3,(H,22,25)/t12?,13-,14-,15-,16?,20?/m0/s1. The van der Waals surface area contributed by atoms with E-state index < -0.39 is 22.6 Å². The van der Waals surface area contributed by atoms with Crippen molar-refractivity contribution in [1.29, 1.82) is 0 Å². The highest BCUT2D eigenvalue weighted by atomic mass is 79.9. The molecule has 9 heteroatoms. The topological polar surface area (TPSA) is 95.9 Å². The molecule has 6 atom stereocenters. The quantitative estimate of drug-likeness (QED) is 0.275. The molecule has 7 nitrogen and oxygen atoms in total. The van der Waals surface area contributed by atoms with Crippen LogP contribution >= 0.6 is 27.7 Å². The number of hydrogen-bond donors (Lipinski definition) is 2. The Bertz CT molecular complexity index is 650. The molecule has 2 N–H and O–H groups in total. The number of carbonyl (C=O) groups excluding carboxylic acids is 3. The maximum absolute atomic E-state index is 13.5. The minimum atomic E-state index is -0.608. The van der Waals surface area contributed by atoms with Crippen LogP contribution in [0.1, 0.15) is 46.0 Å². The van der Waals surface area contributed by atoms with Crippen molar-refractivity contribution in [2.75, 3.05) is 26.3 Å². The van der Waals surface area contributed by atoms with Crippen LogP contribution in [0.5, 0.6) is 0 Å². The number of rotatable bonds is 10. The minimum Gasteiger partial charge on any atom is -0.466 e. The van der Waals surface area contributed by atoms with Crippen molar-refractivity contribution < 1.29 is 24.2 Å². The molecule has 2 bridgehead atoms. The first-order chi connectivity index (χ1) is 13.9. The van der Waals surface area contributed by atoms with E-state index in [4.69, 9.17) is 9.84 Å². The number of amides is 2. The third-order valence-electron chi connectivity index (χ3n) is 6.23. The average Bonchev–Trinajstić information content (AvgIpc) is 3.26. The highest BCUT2D eigenvalue weighted by molar-refractivity contribution is 9.09. The molecule has 3 rings (SSSR count). The first kappa shape index (κ1) is 22.9. The summed E-state index contributed by atoms with van der Waals surface area (Å²) in [6.45, 7) is 5.15. The van der Waals surface area contributed by atoms with Gasteiger partial charge in [-0.3, -0.25) is 14.4 Å². The van der Waals surface area contributed by atoms with Gasteiger partial charge in [-0.05, 0) is 32.6 Å². The Hall–Kier alpha value is -0.800. The molecular weight excluding hydrogens is 460 g/mol. The summed E-state index contributed by atoms with van der Waals surface area (Å²) in [6, 6.07) is -0.593. The third-order valence-corrected chi connectivity index (χ3v) is 9.45. The highest BCUT2D eigenvalue weighted by Crippen LogP contribution is 2.67. The molecule has 0 aromatic carbocycles. The fourth-order valence-electron chi connectivity index (χ4n) is 5.06. The Morgan fingerprint density at radius 2 is 2.10 bits per heavy atom. The number of hydrogen-bond acceptors (Lipinski definition) is 6. The number of nitrogens with one attached hydrogen (secondary N) is 1. The number of aliphatic hydroxyl groups is 1. The van der Waals surface area contributed by atoms with Crippen LogP contribution in [0, 0.1) is 11.8 Å². The Balaban J connectivity index is 1.92. The molecule has 164 valence electrons. The summed E-state index contributed by atoms with van der Waals surface area (Å²) in [6.07, 6.45) is 3.74. The fraction of sp³-hybridized carbons (Fsp3) is 0.850. The van der Waals surface area contributed by atoms with Crippen LogP contribution < -0.4 is 5.32 Å². The molecular formula is C20H31BrN2O5S. The van der Waals surface area contributed by atoms with Crippen LogP contribution in [0.3, 0.4) is 0 Å². The highest BCUT2D eigenvalue weighted by Gasteiger charge is 2.75. The number of aliphatic hydroxyl groups excluding tert-OH is 1. The zero-order valence-electron chi connectivity index (χ0n) is 17.1. The van der Waals surface area contributed by atoms with Gasteiger partial charge in [0.15, 0.2) is 0 Å². The monoisotopic (exact) mass is 490 g/mol. The molecule has 1 spiro atoms. The SMILES string of the molecule is CCCCNC(=O)C1N(CCCCO)C(=O)[C@@H]2[C@H](C(=O)OCC)[C@H]3SC12CC3Br. The summed E-state index contributed by atoms with van der Waals surface area (Å²) >= 11 is 5.33. The van der Waals surface area contributed by atoms with Crippen molar-refractivity contribution in [1.82, 2.24) is 10.2 Å². The molecule has 3 unspecified atom stereocenters. The third kappa shape index (κ3) is 3.94. The minimum absolute atomic E-state index is 0.0513. The molecule has 0 saturated carbocycles. The lowest BCUT2D eigenvalue weighted by molar-refractivity contribution is -0.153. The summed E-state index contributed by atoms with van der Waals surface area (Å²) < 4.78 is 4.70. The normalized spacial score (nSPS) is 35.1. The zero-order chi connectivity index (χ0) is 21.2. The first-order valence-corrected chi connectivity index (χ1v) is 12.4. The van der Waals surface area contributed by atoms with Gasteiger partial charge in [0.1, 0.15) is 6.04 Å². The van der Waals surface area contributed by atoms with Crippen LogP contribution in [-0.4, -0.2) is 75.0 Å². The molecule has 0 aromatic rings. The Labute approximate surface area is 184 Å². The second-order valence-corrected chi connectivity index (χ2v) is 10.7. The summed E-state index contributed by atoms with van der Waals surface area (Å²) in [7, 11) is 0. The number of likely N-dealkylation sites (tertiary alicyclic amines) is 1. The van der Waals surface area contributed by atoms with Crippen molar-refractivity contribution in [2.24, 2.45) is 11.8 Å². The van der Waals surface area contributed by atoms with Gasteiger partial charge in [0.25, 0.3) is 0 Å². The van der Waals surface area contributed by atoms with Gasteiger partial charge in [0, 0.05) is 29.8 Å². The van der Waals surface area contributed by atoms with Gasteiger partial charge in [-0.15, -0.1) is 11.8 Å². The van der Waals surface area contributed by atoms with E-state index in [1.54, 1.807) is 23.6 Å². The van der Waals surface area contributed by atoms with Gasteiger partial charge in [0.2, 0.25) is 11.8 Å². The van der Waals surface area contributed by atoms with Crippen molar-refractivity contribution in [3.8, 4) is 0 Å². The number of fused-ring (bicyclic) bond motifs is 1. The number of halogens is 1. The van der Waals surface area contributed by atoms with Crippen molar-refractivity contribution >= 4 is 45.5 Å². The van der Waals surface area contributed by atoms with E-state index in [1.165, 1.54) is 0 Å². The summed E-state index contributed by atoms with van der Waals surface area (Å²) in [5.41, 5.74) is 0. The molecule has 3 heterocycles. The van der Waals surface area contributed by atoms with Crippen LogP contribution in [-0.2, 0) is 19.1 Å². The fourth-order valence-corrected chi connectivity index (χ4v) is 8.66. The lowest BCUT2D eigenvalue weighted by atomic mass is 9.71. The predicted octanol–water partition coefficient (Wildman–Crippen LogP) is 1.70. The average molecular weight is 491 g/mol. The van der Waals surface area contributed by atoms with Gasteiger partial charge >= 0.3 is 5.97 Å². The molecule has 3 aliphatic rings. The Morgan fingerprint density at radius 3 is 2.76 bits per heavy atom. The molecule has 3 fully saturated rings. The van der Waals surface area contributed by atoms with E-state index in [9.17, 15) is 14.4 Å². The van der Waals surface area contributed by atoms with E-state index in [1.807, 2.05) is 0 Å². The maximum atomic E-state index is 13.5. The van der Waals surface area contributed by atoms with E-state index in [2.05, 4.69) is 28.2 Å². The van der Waals surface area contributed by atoms with Crippen molar-refractivity contribution in [3.63, 3.8) is 0 Å². The smallest absolute Gasteiger partial charge is 0.310 e. The zero-order valence-corrected chi connectivity index (χ0v) is 19.5. The lowest BCUT2D eigenvalue weighted by Gasteiger charge is -2.35.